The Kier molecular flexibility index (Phi) is 5.57. The maximum absolute atomic E-state index is 11.3. The molecule has 0 N–H and O–H groups in total. The Hall–Kier alpha value is -4.62. The predicted molar refractivity (Wildman–Crippen MR) is 119 cm³/mol. The van der Waals surface area contributed by atoms with Crippen molar-refractivity contribution >= 4 is 44.6 Å². The second-order valence-corrected chi connectivity index (χ2v) is 7.52. The average Bonchev–Trinajstić information content (AvgIpc) is 3.22. The second kappa shape index (κ2) is 8.63. The highest BCUT2D eigenvalue weighted by molar-refractivity contribution is 7.19. The molecule has 0 aliphatic rings. The van der Waals surface area contributed by atoms with Gasteiger partial charge in [-0.3, -0.25) is 20.2 Å². The van der Waals surface area contributed by atoms with Crippen LogP contribution in [0.5, 0.6) is 11.5 Å². The standard InChI is InChI=1S/C22H12N4O5S/c23-13-15(22-24-18-3-1-2-4-21(18)32-22)11-14-5-8-17(9-6-14)31-20-10-7-16(25(27)28)12-19(20)26(29)30/h1-12H/b15-11+. The van der Waals surface area contributed by atoms with Crippen molar-refractivity contribution in [2.24, 2.45) is 0 Å². The number of nitriles is 1. The Labute approximate surface area is 184 Å². The van der Waals surface area contributed by atoms with Crippen LogP contribution in [0.25, 0.3) is 21.9 Å². The molecular weight excluding hydrogens is 432 g/mol. The topological polar surface area (TPSA) is 132 Å². The molecule has 1 heterocycles. The van der Waals surface area contributed by atoms with E-state index >= 15 is 0 Å². The highest BCUT2D eigenvalue weighted by atomic mass is 32.1. The minimum absolute atomic E-state index is 0.115. The number of rotatable bonds is 6. The number of thiazole rings is 1. The number of fused-ring (bicyclic) bond motifs is 1. The molecule has 9 nitrogen and oxygen atoms in total. The molecule has 156 valence electrons. The maximum atomic E-state index is 11.3. The zero-order chi connectivity index (χ0) is 22.7. The normalized spacial score (nSPS) is 11.2. The number of para-hydroxylation sites is 1. The minimum Gasteiger partial charge on any atom is -0.450 e. The smallest absolute Gasteiger partial charge is 0.318 e. The molecule has 0 fully saturated rings. The Balaban J connectivity index is 1.58. The van der Waals surface area contributed by atoms with Gasteiger partial charge in [0.05, 0.1) is 31.7 Å². The summed E-state index contributed by atoms with van der Waals surface area (Å²) in [4.78, 5) is 25.2. The van der Waals surface area contributed by atoms with Gasteiger partial charge in [-0.1, -0.05) is 24.3 Å². The molecule has 0 saturated carbocycles. The number of aromatic nitrogens is 1. The summed E-state index contributed by atoms with van der Waals surface area (Å²) in [6.07, 6.45) is 1.69. The summed E-state index contributed by atoms with van der Waals surface area (Å²) in [5.41, 5.74) is 1.04. The highest BCUT2D eigenvalue weighted by Gasteiger charge is 2.21. The van der Waals surface area contributed by atoms with Gasteiger partial charge in [-0.15, -0.1) is 11.3 Å². The molecule has 3 aromatic carbocycles. The van der Waals surface area contributed by atoms with Crippen LogP contribution in [0.2, 0.25) is 0 Å². The van der Waals surface area contributed by atoms with Gasteiger partial charge < -0.3 is 4.74 Å². The molecule has 0 bridgehead atoms. The first-order valence-electron chi connectivity index (χ1n) is 9.13. The Morgan fingerprint density at radius 3 is 2.44 bits per heavy atom. The van der Waals surface area contributed by atoms with Crippen molar-refractivity contribution in [1.29, 1.82) is 5.26 Å². The molecule has 0 aliphatic heterocycles. The SMILES string of the molecule is N#C/C(=C\c1ccc(Oc2ccc([N+](=O)[O-])cc2[N+](=O)[O-])cc1)c1nc2ccccc2s1. The molecule has 32 heavy (non-hydrogen) atoms. The first-order chi connectivity index (χ1) is 15.4. The second-order valence-electron chi connectivity index (χ2n) is 6.49. The molecule has 0 atom stereocenters. The van der Waals surface area contributed by atoms with Gasteiger partial charge in [0.25, 0.3) is 5.69 Å². The fraction of sp³-hybridized carbons (Fsp3) is 0. The summed E-state index contributed by atoms with van der Waals surface area (Å²) >= 11 is 1.42. The number of nitrogens with zero attached hydrogens (tertiary/aromatic N) is 4. The van der Waals surface area contributed by atoms with E-state index in [1.165, 1.54) is 17.4 Å². The molecule has 0 spiro atoms. The quantitative estimate of drug-likeness (QED) is 0.203. The summed E-state index contributed by atoms with van der Waals surface area (Å²) in [6, 6.07) is 19.5. The van der Waals surface area contributed by atoms with Crippen LogP contribution in [0.1, 0.15) is 10.6 Å². The first kappa shape index (κ1) is 20.6. The first-order valence-corrected chi connectivity index (χ1v) is 9.95. The van der Waals surface area contributed by atoms with Crippen LogP contribution in [0.4, 0.5) is 11.4 Å². The Morgan fingerprint density at radius 2 is 1.78 bits per heavy atom. The molecule has 0 unspecified atom stereocenters. The molecular formula is C22H12N4O5S. The van der Waals surface area contributed by atoms with Crippen molar-refractivity contribution in [1.82, 2.24) is 4.98 Å². The van der Waals surface area contributed by atoms with Gasteiger partial charge in [0.15, 0.2) is 0 Å². The average molecular weight is 444 g/mol. The lowest BCUT2D eigenvalue weighted by Gasteiger charge is -2.06. The molecule has 0 radical (unpaired) electrons. The third kappa shape index (κ3) is 4.28. The third-order valence-electron chi connectivity index (χ3n) is 4.41. The van der Waals surface area contributed by atoms with Gasteiger partial charge in [0.2, 0.25) is 5.75 Å². The number of non-ortho nitro benzene ring substituents is 1. The van der Waals surface area contributed by atoms with Crippen molar-refractivity contribution in [2.45, 2.75) is 0 Å². The molecule has 1 aromatic heterocycles. The van der Waals surface area contributed by atoms with Crippen molar-refractivity contribution in [3.63, 3.8) is 0 Å². The van der Waals surface area contributed by atoms with Crippen LogP contribution in [0, 0.1) is 31.6 Å². The van der Waals surface area contributed by atoms with Crippen molar-refractivity contribution < 1.29 is 14.6 Å². The van der Waals surface area contributed by atoms with Crippen LogP contribution in [-0.4, -0.2) is 14.8 Å². The Bertz CT molecular complexity index is 1390. The molecule has 10 heteroatoms. The number of hydrogen-bond donors (Lipinski definition) is 0. The minimum atomic E-state index is -0.739. The van der Waals surface area contributed by atoms with E-state index in [1.807, 2.05) is 24.3 Å². The summed E-state index contributed by atoms with van der Waals surface area (Å²) in [7, 11) is 0. The number of benzene rings is 3. The lowest BCUT2D eigenvalue weighted by Crippen LogP contribution is -1.96. The highest BCUT2D eigenvalue weighted by Crippen LogP contribution is 2.35. The van der Waals surface area contributed by atoms with Crippen LogP contribution in [0.15, 0.2) is 66.7 Å². The summed E-state index contributed by atoms with van der Waals surface area (Å²) in [5, 5.41) is 32.3. The summed E-state index contributed by atoms with van der Waals surface area (Å²) in [5.74, 6) is 0.189. The number of nitro groups is 2. The zero-order valence-corrected chi connectivity index (χ0v) is 17.0. The van der Waals surface area contributed by atoms with Crippen LogP contribution < -0.4 is 4.74 Å². The van der Waals surface area contributed by atoms with Crippen molar-refractivity contribution in [2.75, 3.05) is 0 Å². The molecule has 0 aliphatic carbocycles. The van der Waals surface area contributed by atoms with E-state index in [2.05, 4.69) is 11.1 Å². The Morgan fingerprint density at radius 1 is 1.03 bits per heavy atom. The van der Waals surface area contributed by atoms with E-state index in [1.54, 1.807) is 30.3 Å². The van der Waals surface area contributed by atoms with E-state index in [0.717, 1.165) is 22.3 Å². The molecule has 4 rings (SSSR count). The molecule has 4 aromatic rings. The van der Waals surface area contributed by atoms with Crippen molar-refractivity contribution in [3.8, 4) is 17.6 Å². The number of allylic oxidation sites excluding steroid dienone is 1. The van der Waals surface area contributed by atoms with Crippen molar-refractivity contribution in [3.05, 3.63) is 97.5 Å². The van der Waals surface area contributed by atoms with Gasteiger partial charge in [0, 0.05) is 6.07 Å². The zero-order valence-electron chi connectivity index (χ0n) is 16.2. The van der Waals surface area contributed by atoms with Crippen LogP contribution in [-0.2, 0) is 0 Å². The molecule has 0 amide bonds. The fourth-order valence-electron chi connectivity index (χ4n) is 2.90. The van der Waals surface area contributed by atoms with Crippen LogP contribution in [0.3, 0.4) is 0 Å². The van der Waals surface area contributed by atoms with Gasteiger partial charge >= 0.3 is 5.69 Å². The third-order valence-corrected chi connectivity index (χ3v) is 5.48. The fourth-order valence-corrected chi connectivity index (χ4v) is 3.83. The van der Waals surface area contributed by atoms with E-state index in [0.29, 0.717) is 21.9 Å². The van der Waals surface area contributed by atoms with Gasteiger partial charge in [-0.25, -0.2) is 4.98 Å². The maximum Gasteiger partial charge on any atom is 0.318 e. The number of ether oxygens (including phenoxy) is 1. The predicted octanol–water partition coefficient (Wildman–Crippen LogP) is 5.97. The van der Waals surface area contributed by atoms with Gasteiger partial charge in [-0.05, 0) is 42.0 Å². The van der Waals surface area contributed by atoms with E-state index in [-0.39, 0.29) is 5.75 Å². The van der Waals surface area contributed by atoms with Crippen LogP contribution >= 0.6 is 11.3 Å². The van der Waals surface area contributed by atoms with Gasteiger partial charge in [-0.2, -0.15) is 5.26 Å². The number of nitro benzene ring substituents is 2. The lowest BCUT2D eigenvalue weighted by atomic mass is 10.1. The summed E-state index contributed by atoms with van der Waals surface area (Å²) in [6.45, 7) is 0. The monoisotopic (exact) mass is 444 g/mol. The van der Waals surface area contributed by atoms with E-state index < -0.39 is 21.2 Å². The lowest BCUT2D eigenvalue weighted by molar-refractivity contribution is -0.394. The largest absolute Gasteiger partial charge is 0.450 e. The van der Waals surface area contributed by atoms with E-state index in [9.17, 15) is 25.5 Å². The number of hydrogen-bond acceptors (Lipinski definition) is 8. The van der Waals surface area contributed by atoms with E-state index in [4.69, 9.17) is 4.74 Å². The molecule has 0 saturated heterocycles. The summed E-state index contributed by atoms with van der Waals surface area (Å²) < 4.78 is 6.54. The van der Waals surface area contributed by atoms with Gasteiger partial charge in [0.1, 0.15) is 16.8 Å².